The fourth-order valence-electron chi connectivity index (χ4n) is 1.98. The van der Waals surface area contributed by atoms with Crippen LogP contribution in [0.1, 0.15) is 6.92 Å². The van der Waals surface area contributed by atoms with Gasteiger partial charge in [0.05, 0.1) is 11.6 Å². The van der Waals surface area contributed by atoms with Crippen molar-refractivity contribution in [2.45, 2.75) is 19.5 Å². The summed E-state index contributed by atoms with van der Waals surface area (Å²) in [4.78, 5) is 22.1. The number of carboxylic acid groups (broad SMARTS) is 1. The highest BCUT2D eigenvalue weighted by Gasteiger charge is 2.20. The molecule has 0 aliphatic rings. The van der Waals surface area contributed by atoms with E-state index in [0.717, 1.165) is 10.9 Å². The number of nitrogens with zero attached hydrogens (tertiary/aromatic N) is 1. The van der Waals surface area contributed by atoms with E-state index in [9.17, 15) is 9.59 Å². The van der Waals surface area contributed by atoms with E-state index in [2.05, 4.69) is 5.32 Å². The van der Waals surface area contributed by atoms with Crippen LogP contribution in [0.4, 0.5) is 0 Å². The molecule has 1 heterocycles. The molecule has 0 aliphatic carbocycles. The highest BCUT2D eigenvalue weighted by molar-refractivity contribution is 6.35. The van der Waals surface area contributed by atoms with Gasteiger partial charge in [-0.3, -0.25) is 4.79 Å². The average Bonchev–Trinajstić information content (AvgIpc) is 2.66. The largest absolute Gasteiger partial charge is 0.480 e. The first-order chi connectivity index (χ1) is 8.99. The number of hydrogen-bond acceptors (Lipinski definition) is 2. The van der Waals surface area contributed by atoms with Crippen molar-refractivity contribution in [1.82, 2.24) is 9.88 Å². The Balaban J connectivity index is 2.34. The van der Waals surface area contributed by atoms with Gasteiger partial charge in [0.2, 0.25) is 5.91 Å². The Kier molecular flexibility index (Phi) is 3.76. The van der Waals surface area contributed by atoms with E-state index in [0.29, 0.717) is 5.02 Å². The van der Waals surface area contributed by atoms with Crippen LogP contribution in [0.5, 0.6) is 0 Å². The predicted molar refractivity (Wildman–Crippen MR) is 72.2 cm³/mol. The highest BCUT2D eigenvalue weighted by atomic mass is 35.5. The highest BCUT2D eigenvalue weighted by Crippen LogP contribution is 2.25. The van der Waals surface area contributed by atoms with Gasteiger partial charge in [0.25, 0.3) is 0 Å². The van der Waals surface area contributed by atoms with E-state index in [4.69, 9.17) is 16.7 Å². The van der Waals surface area contributed by atoms with Gasteiger partial charge >= 0.3 is 5.97 Å². The second-order valence-electron chi connectivity index (χ2n) is 4.24. The minimum Gasteiger partial charge on any atom is -0.480 e. The second kappa shape index (κ2) is 5.32. The Morgan fingerprint density at radius 3 is 2.74 bits per heavy atom. The van der Waals surface area contributed by atoms with Crippen molar-refractivity contribution in [3.63, 3.8) is 0 Å². The van der Waals surface area contributed by atoms with Crippen LogP contribution in [0.25, 0.3) is 10.9 Å². The molecule has 0 bridgehead atoms. The molecule has 0 saturated carbocycles. The molecule has 1 aromatic carbocycles. The van der Waals surface area contributed by atoms with Crippen molar-refractivity contribution in [1.29, 1.82) is 0 Å². The molecule has 1 amide bonds. The van der Waals surface area contributed by atoms with Crippen molar-refractivity contribution in [3.8, 4) is 0 Å². The molecule has 19 heavy (non-hydrogen) atoms. The molecule has 0 radical (unpaired) electrons. The van der Waals surface area contributed by atoms with Gasteiger partial charge in [-0.25, -0.2) is 4.79 Å². The van der Waals surface area contributed by atoms with Gasteiger partial charge in [0, 0.05) is 24.0 Å². The summed E-state index contributed by atoms with van der Waals surface area (Å²) in [5.74, 6) is -1.46. The third-order valence-corrected chi connectivity index (χ3v) is 3.10. The molecule has 0 saturated heterocycles. The quantitative estimate of drug-likeness (QED) is 0.898. The van der Waals surface area contributed by atoms with Crippen molar-refractivity contribution in [2.24, 2.45) is 0 Å². The Bertz CT molecular complexity index is 636. The average molecular weight is 281 g/mol. The summed E-state index contributed by atoms with van der Waals surface area (Å²) in [6, 6.07) is 6.45. The lowest BCUT2D eigenvalue weighted by molar-refractivity contribution is -0.141. The summed E-state index contributed by atoms with van der Waals surface area (Å²) in [6.45, 7) is 1.42. The van der Waals surface area contributed by atoms with Gasteiger partial charge in [-0.05, 0) is 6.07 Å². The van der Waals surface area contributed by atoms with E-state index >= 15 is 0 Å². The second-order valence-corrected chi connectivity index (χ2v) is 4.65. The molecule has 1 atom stereocenters. The van der Waals surface area contributed by atoms with Gasteiger partial charge in [0.1, 0.15) is 6.04 Å². The zero-order valence-electron chi connectivity index (χ0n) is 10.3. The Labute approximate surface area is 114 Å². The number of amides is 1. The molecule has 2 aromatic rings. The molecule has 0 aliphatic heterocycles. The van der Waals surface area contributed by atoms with Crippen LogP contribution in [0.2, 0.25) is 5.02 Å². The lowest BCUT2D eigenvalue weighted by Gasteiger charge is -2.14. The summed E-state index contributed by atoms with van der Waals surface area (Å²) < 4.78 is 1.73. The van der Waals surface area contributed by atoms with Gasteiger partial charge < -0.3 is 15.0 Å². The topological polar surface area (TPSA) is 71.3 Å². The van der Waals surface area contributed by atoms with E-state index < -0.39 is 12.0 Å². The number of benzene rings is 1. The number of carbonyl (C=O) groups excluding carboxylic acids is 1. The predicted octanol–water partition coefficient (Wildman–Crippen LogP) is 1.88. The lowest BCUT2D eigenvalue weighted by Crippen LogP contribution is -2.42. The third kappa shape index (κ3) is 2.88. The molecule has 2 rings (SSSR count). The molecule has 1 unspecified atom stereocenters. The van der Waals surface area contributed by atoms with Crippen LogP contribution in [-0.4, -0.2) is 27.6 Å². The summed E-state index contributed by atoms with van der Waals surface area (Å²) in [5, 5.41) is 12.9. The number of aromatic nitrogens is 1. The zero-order chi connectivity index (χ0) is 14.0. The molecule has 100 valence electrons. The van der Waals surface area contributed by atoms with Gasteiger partial charge in [0.15, 0.2) is 0 Å². The van der Waals surface area contributed by atoms with E-state index in [1.54, 1.807) is 10.8 Å². The fraction of sp³-hybridized carbons (Fsp3) is 0.231. The standard InChI is InChI=1S/C13H13ClN2O3/c1-8(17)15-11(13(18)19)7-16-6-10(14)9-4-2-3-5-12(9)16/h2-6,11H,7H2,1H3,(H,15,17)(H,18,19). The maximum atomic E-state index is 11.1. The van der Waals surface area contributed by atoms with E-state index in [1.807, 2.05) is 24.3 Å². The zero-order valence-corrected chi connectivity index (χ0v) is 11.0. The number of rotatable bonds is 4. The number of nitrogens with one attached hydrogen (secondary N) is 1. The third-order valence-electron chi connectivity index (χ3n) is 2.79. The van der Waals surface area contributed by atoms with Crippen LogP contribution in [0.3, 0.4) is 0 Å². The number of aliphatic carboxylic acids is 1. The smallest absolute Gasteiger partial charge is 0.328 e. The normalized spacial score (nSPS) is 12.3. The molecular weight excluding hydrogens is 268 g/mol. The van der Waals surface area contributed by atoms with Crippen LogP contribution in [0.15, 0.2) is 30.5 Å². The summed E-state index contributed by atoms with van der Waals surface area (Å²) in [7, 11) is 0. The monoisotopic (exact) mass is 280 g/mol. The minimum absolute atomic E-state index is 0.127. The van der Waals surface area contributed by atoms with Crippen LogP contribution >= 0.6 is 11.6 Å². The number of carboxylic acids is 1. The lowest BCUT2D eigenvalue weighted by atomic mass is 10.2. The van der Waals surface area contributed by atoms with Crippen LogP contribution in [-0.2, 0) is 16.1 Å². The number of para-hydroxylation sites is 1. The Morgan fingerprint density at radius 2 is 2.11 bits per heavy atom. The minimum atomic E-state index is -1.08. The molecule has 0 spiro atoms. The first-order valence-electron chi connectivity index (χ1n) is 5.72. The first kappa shape index (κ1) is 13.4. The molecule has 0 fully saturated rings. The van der Waals surface area contributed by atoms with Crippen LogP contribution in [0, 0.1) is 0 Å². The van der Waals surface area contributed by atoms with Crippen LogP contribution < -0.4 is 5.32 Å². The van der Waals surface area contributed by atoms with Crippen molar-refractivity contribution >= 4 is 34.4 Å². The molecule has 6 heteroatoms. The summed E-state index contributed by atoms with van der Waals surface area (Å²) >= 11 is 6.09. The molecular formula is C13H13ClN2O3. The fourth-order valence-corrected chi connectivity index (χ4v) is 2.26. The van der Waals surface area contributed by atoms with Gasteiger partial charge in [-0.2, -0.15) is 0 Å². The number of fused-ring (bicyclic) bond motifs is 1. The Hall–Kier alpha value is -2.01. The number of hydrogen-bond donors (Lipinski definition) is 2. The van der Waals surface area contributed by atoms with E-state index in [-0.39, 0.29) is 12.5 Å². The maximum Gasteiger partial charge on any atom is 0.328 e. The molecule has 5 nitrogen and oxygen atoms in total. The summed E-state index contributed by atoms with van der Waals surface area (Å²) in [5.41, 5.74) is 0.837. The van der Waals surface area contributed by atoms with E-state index in [1.165, 1.54) is 6.92 Å². The molecule has 1 aromatic heterocycles. The van der Waals surface area contributed by atoms with Crippen molar-refractivity contribution < 1.29 is 14.7 Å². The summed E-state index contributed by atoms with van der Waals surface area (Å²) in [6.07, 6.45) is 1.67. The first-order valence-corrected chi connectivity index (χ1v) is 6.10. The van der Waals surface area contributed by atoms with Crippen molar-refractivity contribution in [2.75, 3.05) is 0 Å². The van der Waals surface area contributed by atoms with Crippen molar-refractivity contribution in [3.05, 3.63) is 35.5 Å². The SMILES string of the molecule is CC(=O)NC(Cn1cc(Cl)c2ccccc21)C(=O)O. The Morgan fingerprint density at radius 1 is 1.42 bits per heavy atom. The number of halogens is 1. The maximum absolute atomic E-state index is 11.1. The molecule has 2 N–H and O–H groups in total. The van der Waals surface area contributed by atoms with Gasteiger partial charge in [-0.1, -0.05) is 29.8 Å². The van der Waals surface area contributed by atoms with Gasteiger partial charge in [-0.15, -0.1) is 0 Å². The number of carbonyl (C=O) groups is 2.